The van der Waals surface area contributed by atoms with Gasteiger partial charge in [-0.1, -0.05) is 24.3 Å². The van der Waals surface area contributed by atoms with Gasteiger partial charge in [0.2, 0.25) is 5.91 Å². The summed E-state index contributed by atoms with van der Waals surface area (Å²) in [7, 11) is 0. The molecule has 24 heavy (non-hydrogen) atoms. The predicted octanol–water partition coefficient (Wildman–Crippen LogP) is 2.18. The number of aromatic nitrogens is 1. The number of benzene rings is 1. The first kappa shape index (κ1) is 17.7. The molecular formula is C18H22N2O4. The SMILES string of the molecule is C=CCOCC(NC(=O)CCc1c[nH]c2c(C)cccc12)C(=O)O. The fourth-order valence-electron chi connectivity index (χ4n) is 2.53. The van der Waals surface area contributed by atoms with Gasteiger partial charge in [-0.3, -0.25) is 4.79 Å². The number of carboxylic acid groups (broad SMARTS) is 1. The molecule has 1 aromatic carbocycles. The van der Waals surface area contributed by atoms with Crippen LogP contribution in [0.15, 0.2) is 37.1 Å². The van der Waals surface area contributed by atoms with Crippen LogP contribution in [0.25, 0.3) is 10.9 Å². The quantitative estimate of drug-likeness (QED) is 0.485. The van der Waals surface area contributed by atoms with Crippen LogP contribution in [0.1, 0.15) is 17.5 Å². The Kier molecular flexibility index (Phi) is 6.14. The van der Waals surface area contributed by atoms with E-state index in [0.29, 0.717) is 6.42 Å². The van der Waals surface area contributed by atoms with Crippen molar-refractivity contribution in [3.05, 3.63) is 48.2 Å². The van der Waals surface area contributed by atoms with Gasteiger partial charge in [-0.2, -0.15) is 0 Å². The number of aromatic amines is 1. The van der Waals surface area contributed by atoms with Gasteiger partial charge in [-0.25, -0.2) is 4.79 Å². The third-order valence-corrected chi connectivity index (χ3v) is 3.78. The second-order valence-corrected chi connectivity index (χ2v) is 5.60. The lowest BCUT2D eigenvalue weighted by Gasteiger charge is -2.14. The van der Waals surface area contributed by atoms with Gasteiger partial charge in [-0.15, -0.1) is 6.58 Å². The highest BCUT2D eigenvalue weighted by molar-refractivity contribution is 5.87. The molecule has 6 nitrogen and oxygen atoms in total. The summed E-state index contributed by atoms with van der Waals surface area (Å²) in [5, 5.41) is 12.7. The Balaban J connectivity index is 1.92. The summed E-state index contributed by atoms with van der Waals surface area (Å²) in [5.41, 5.74) is 3.25. The molecule has 0 aliphatic rings. The summed E-state index contributed by atoms with van der Waals surface area (Å²) in [6.07, 6.45) is 4.17. The standard InChI is InChI=1S/C18H22N2O4/c1-3-9-24-11-15(18(22)23)20-16(21)8-7-13-10-19-17-12(2)5-4-6-14(13)17/h3-6,10,15,19H,1,7-9,11H2,2H3,(H,20,21)(H,22,23). The maximum absolute atomic E-state index is 12.0. The number of hydrogen-bond donors (Lipinski definition) is 3. The predicted molar refractivity (Wildman–Crippen MR) is 91.9 cm³/mol. The summed E-state index contributed by atoms with van der Waals surface area (Å²) in [6.45, 7) is 5.67. The number of fused-ring (bicyclic) bond motifs is 1. The van der Waals surface area contributed by atoms with Crippen LogP contribution in [0, 0.1) is 6.92 Å². The van der Waals surface area contributed by atoms with Gasteiger partial charge >= 0.3 is 5.97 Å². The molecule has 0 saturated heterocycles. The van der Waals surface area contributed by atoms with Gasteiger partial charge in [0.15, 0.2) is 6.04 Å². The smallest absolute Gasteiger partial charge is 0.328 e. The van der Waals surface area contributed by atoms with Crippen molar-refractivity contribution in [2.24, 2.45) is 0 Å². The molecule has 0 radical (unpaired) electrons. The van der Waals surface area contributed by atoms with Crippen molar-refractivity contribution in [1.29, 1.82) is 0 Å². The summed E-state index contributed by atoms with van der Waals surface area (Å²) in [6, 6.07) is 4.96. The van der Waals surface area contributed by atoms with Crippen LogP contribution in [0.5, 0.6) is 0 Å². The van der Waals surface area contributed by atoms with Crippen LogP contribution in [0.2, 0.25) is 0 Å². The summed E-state index contributed by atoms with van der Waals surface area (Å²) in [4.78, 5) is 26.4. The number of carbonyl (C=O) groups is 2. The van der Waals surface area contributed by atoms with Crippen LogP contribution >= 0.6 is 0 Å². The molecule has 6 heteroatoms. The number of rotatable bonds is 9. The number of carbonyl (C=O) groups excluding carboxylic acids is 1. The molecule has 0 spiro atoms. The zero-order valence-corrected chi connectivity index (χ0v) is 13.7. The molecule has 1 atom stereocenters. The number of H-pyrrole nitrogens is 1. The first-order valence-electron chi connectivity index (χ1n) is 7.79. The van der Waals surface area contributed by atoms with Gasteiger partial charge in [0.05, 0.1) is 13.2 Å². The zero-order valence-electron chi connectivity index (χ0n) is 13.7. The number of amides is 1. The molecule has 0 saturated carbocycles. The fraction of sp³-hybridized carbons (Fsp3) is 0.333. The molecule has 2 rings (SSSR count). The number of ether oxygens (including phenoxy) is 1. The average molecular weight is 330 g/mol. The Bertz CT molecular complexity index is 736. The molecule has 0 aliphatic heterocycles. The van der Waals surface area contributed by atoms with Gasteiger partial charge in [0, 0.05) is 23.5 Å². The highest BCUT2D eigenvalue weighted by Gasteiger charge is 2.20. The third kappa shape index (κ3) is 4.45. The molecule has 3 N–H and O–H groups in total. The first-order valence-corrected chi connectivity index (χ1v) is 7.79. The van der Waals surface area contributed by atoms with E-state index >= 15 is 0 Å². The lowest BCUT2D eigenvalue weighted by molar-refractivity contribution is -0.143. The molecule has 1 aromatic heterocycles. The van der Waals surface area contributed by atoms with Crippen molar-refractivity contribution in [3.8, 4) is 0 Å². The van der Waals surface area contributed by atoms with E-state index in [1.165, 1.54) is 6.08 Å². The lowest BCUT2D eigenvalue weighted by atomic mass is 10.1. The molecule has 128 valence electrons. The van der Waals surface area contributed by atoms with Gasteiger partial charge in [-0.05, 0) is 24.5 Å². The van der Waals surface area contributed by atoms with Crippen molar-refractivity contribution in [2.45, 2.75) is 25.8 Å². The Labute approximate surface area is 140 Å². The van der Waals surface area contributed by atoms with E-state index in [1.54, 1.807) is 0 Å². The molecule has 2 aromatic rings. The summed E-state index contributed by atoms with van der Waals surface area (Å²) >= 11 is 0. The molecular weight excluding hydrogens is 308 g/mol. The van der Waals surface area contributed by atoms with Crippen LogP contribution in [0.4, 0.5) is 0 Å². The minimum atomic E-state index is -1.12. The number of carboxylic acids is 1. The lowest BCUT2D eigenvalue weighted by Crippen LogP contribution is -2.44. The van der Waals surface area contributed by atoms with Crippen LogP contribution < -0.4 is 5.32 Å². The second-order valence-electron chi connectivity index (χ2n) is 5.60. The number of aryl methyl sites for hydroxylation is 2. The number of aliphatic carboxylic acids is 1. The van der Waals surface area contributed by atoms with E-state index in [4.69, 9.17) is 9.84 Å². The van der Waals surface area contributed by atoms with E-state index in [1.807, 2.05) is 31.3 Å². The van der Waals surface area contributed by atoms with E-state index in [0.717, 1.165) is 22.0 Å². The van der Waals surface area contributed by atoms with Gasteiger partial charge in [0.25, 0.3) is 0 Å². The monoisotopic (exact) mass is 330 g/mol. The molecule has 0 fully saturated rings. The van der Waals surface area contributed by atoms with Crippen molar-refractivity contribution in [3.63, 3.8) is 0 Å². The van der Waals surface area contributed by atoms with Gasteiger partial charge in [0.1, 0.15) is 0 Å². The maximum atomic E-state index is 12.0. The maximum Gasteiger partial charge on any atom is 0.328 e. The van der Waals surface area contributed by atoms with Crippen LogP contribution in [-0.2, 0) is 20.7 Å². The number of hydrogen-bond acceptors (Lipinski definition) is 3. The highest BCUT2D eigenvalue weighted by Crippen LogP contribution is 2.22. The van der Waals surface area contributed by atoms with E-state index in [9.17, 15) is 9.59 Å². The van der Waals surface area contributed by atoms with Gasteiger partial charge < -0.3 is 20.1 Å². The molecule has 0 aliphatic carbocycles. The van der Waals surface area contributed by atoms with E-state index in [2.05, 4.69) is 16.9 Å². The topological polar surface area (TPSA) is 91.4 Å². The van der Waals surface area contributed by atoms with Crippen molar-refractivity contribution >= 4 is 22.8 Å². The number of nitrogens with one attached hydrogen (secondary N) is 2. The normalized spacial score (nSPS) is 12.0. The average Bonchev–Trinajstić information content (AvgIpc) is 2.96. The van der Waals surface area contributed by atoms with Crippen molar-refractivity contribution in [1.82, 2.24) is 10.3 Å². The summed E-state index contributed by atoms with van der Waals surface area (Å²) in [5.74, 6) is -1.43. The molecule has 1 unspecified atom stereocenters. The Morgan fingerprint density at radius 3 is 2.96 bits per heavy atom. The molecule has 1 heterocycles. The molecule has 1 amide bonds. The Hall–Kier alpha value is -2.60. The third-order valence-electron chi connectivity index (χ3n) is 3.78. The Morgan fingerprint density at radius 2 is 2.25 bits per heavy atom. The Morgan fingerprint density at radius 1 is 1.46 bits per heavy atom. The fourth-order valence-corrected chi connectivity index (χ4v) is 2.53. The second kappa shape index (κ2) is 8.31. The van der Waals surface area contributed by atoms with Crippen molar-refractivity contribution < 1.29 is 19.4 Å². The number of para-hydroxylation sites is 1. The minimum Gasteiger partial charge on any atom is -0.480 e. The molecule has 0 bridgehead atoms. The van der Waals surface area contributed by atoms with Crippen molar-refractivity contribution in [2.75, 3.05) is 13.2 Å². The minimum absolute atomic E-state index is 0.0840. The van der Waals surface area contributed by atoms with E-state index in [-0.39, 0.29) is 25.5 Å². The van der Waals surface area contributed by atoms with Crippen LogP contribution in [-0.4, -0.2) is 41.2 Å². The zero-order chi connectivity index (χ0) is 17.5. The largest absolute Gasteiger partial charge is 0.480 e. The summed E-state index contributed by atoms with van der Waals surface area (Å²) < 4.78 is 5.11. The first-order chi connectivity index (χ1) is 11.5. The highest BCUT2D eigenvalue weighted by atomic mass is 16.5. The van der Waals surface area contributed by atoms with E-state index < -0.39 is 12.0 Å². The van der Waals surface area contributed by atoms with Crippen LogP contribution in [0.3, 0.4) is 0 Å².